The van der Waals surface area contributed by atoms with Crippen LogP contribution in [-0.2, 0) is 4.74 Å². The van der Waals surface area contributed by atoms with Gasteiger partial charge in [0.2, 0.25) is 0 Å². The van der Waals surface area contributed by atoms with Crippen molar-refractivity contribution in [3.8, 4) is 0 Å². The monoisotopic (exact) mass is 202 g/mol. The number of ether oxygens (including phenoxy) is 1. The Kier molecular flexibility index (Phi) is 9.35. The van der Waals surface area contributed by atoms with Gasteiger partial charge in [0.25, 0.3) is 0 Å². The lowest BCUT2D eigenvalue weighted by Crippen LogP contribution is -2.38. The van der Waals surface area contributed by atoms with Crippen LogP contribution in [0.3, 0.4) is 0 Å². The van der Waals surface area contributed by atoms with Crippen molar-refractivity contribution in [1.29, 1.82) is 0 Å². The van der Waals surface area contributed by atoms with Crippen LogP contribution >= 0.6 is 0 Å². The van der Waals surface area contributed by atoms with Gasteiger partial charge in [-0.3, -0.25) is 4.90 Å². The Morgan fingerprint density at radius 1 is 1.36 bits per heavy atom. The fraction of sp³-hybridized carbons (Fsp3) is 1.00. The third-order valence-corrected chi connectivity index (χ3v) is 2.70. The molecule has 0 aliphatic heterocycles. The molecule has 0 bridgehead atoms. The molecule has 1 unspecified atom stereocenters. The summed E-state index contributed by atoms with van der Waals surface area (Å²) < 4.78 is 5.12. The van der Waals surface area contributed by atoms with Gasteiger partial charge < -0.3 is 10.1 Å². The van der Waals surface area contributed by atoms with E-state index in [1.165, 1.54) is 12.8 Å². The van der Waals surface area contributed by atoms with Crippen molar-refractivity contribution < 1.29 is 4.74 Å². The molecule has 0 aromatic heterocycles. The van der Waals surface area contributed by atoms with E-state index in [0.717, 1.165) is 26.2 Å². The number of hydrogen-bond acceptors (Lipinski definition) is 3. The molecule has 0 fully saturated rings. The van der Waals surface area contributed by atoms with Crippen LogP contribution in [0.4, 0.5) is 0 Å². The maximum absolute atomic E-state index is 5.12. The molecule has 0 saturated heterocycles. The normalized spacial score (nSPS) is 13.5. The Balaban J connectivity index is 3.87. The Labute approximate surface area is 88.8 Å². The quantitative estimate of drug-likeness (QED) is 0.611. The summed E-state index contributed by atoms with van der Waals surface area (Å²) in [4.78, 5) is 2.50. The predicted octanol–water partition coefficient (Wildman–Crippen LogP) is 1.34. The maximum Gasteiger partial charge on any atom is 0.0589 e. The third kappa shape index (κ3) is 5.58. The number of nitrogens with one attached hydrogen (secondary N) is 1. The molecule has 0 amide bonds. The molecule has 0 aliphatic rings. The summed E-state index contributed by atoms with van der Waals surface area (Å²) in [5.41, 5.74) is 0. The first-order valence-electron chi connectivity index (χ1n) is 5.67. The second kappa shape index (κ2) is 9.44. The summed E-state index contributed by atoms with van der Waals surface area (Å²) >= 11 is 0. The van der Waals surface area contributed by atoms with Gasteiger partial charge in [-0.2, -0.15) is 0 Å². The van der Waals surface area contributed by atoms with Crippen LogP contribution in [0.25, 0.3) is 0 Å². The van der Waals surface area contributed by atoms with Gasteiger partial charge in [0.05, 0.1) is 6.61 Å². The van der Waals surface area contributed by atoms with Gasteiger partial charge in [-0.1, -0.05) is 13.8 Å². The van der Waals surface area contributed by atoms with Crippen LogP contribution in [0, 0.1) is 0 Å². The van der Waals surface area contributed by atoms with Crippen LogP contribution in [-0.4, -0.2) is 51.3 Å². The minimum Gasteiger partial charge on any atom is -0.383 e. The molecule has 0 aliphatic carbocycles. The highest BCUT2D eigenvalue weighted by molar-refractivity contribution is 4.70. The minimum atomic E-state index is 0.697. The average Bonchev–Trinajstić information content (AvgIpc) is 2.23. The van der Waals surface area contributed by atoms with E-state index in [1.807, 2.05) is 7.05 Å². The number of rotatable bonds is 9. The maximum atomic E-state index is 5.12. The lowest BCUT2D eigenvalue weighted by molar-refractivity contribution is 0.118. The van der Waals surface area contributed by atoms with Gasteiger partial charge in [-0.25, -0.2) is 0 Å². The SMILES string of the molecule is CCC(CCNC)N(CC)CCOC. The number of hydrogen-bond donors (Lipinski definition) is 1. The van der Waals surface area contributed by atoms with Crippen LogP contribution < -0.4 is 5.32 Å². The Hall–Kier alpha value is -0.120. The minimum absolute atomic E-state index is 0.697. The van der Waals surface area contributed by atoms with Gasteiger partial charge in [0.15, 0.2) is 0 Å². The predicted molar refractivity (Wildman–Crippen MR) is 61.7 cm³/mol. The molecular weight excluding hydrogens is 176 g/mol. The number of likely N-dealkylation sites (N-methyl/N-ethyl adjacent to an activating group) is 1. The molecular formula is C11H26N2O. The van der Waals surface area contributed by atoms with Crippen molar-refractivity contribution >= 4 is 0 Å². The Bertz CT molecular complexity index is 106. The van der Waals surface area contributed by atoms with E-state index in [-0.39, 0.29) is 0 Å². The van der Waals surface area contributed by atoms with Crippen LogP contribution in [0.1, 0.15) is 26.7 Å². The number of methoxy groups -OCH3 is 1. The Morgan fingerprint density at radius 3 is 2.50 bits per heavy atom. The van der Waals surface area contributed by atoms with Crippen molar-refractivity contribution in [2.45, 2.75) is 32.7 Å². The molecule has 0 saturated carbocycles. The highest BCUT2D eigenvalue weighted by Gasteiger charge is 2.13. The second-order valence-electron chi connectivity index (χ2n) is 3.58. The molecule has 0 radical (unpaired) electrons. The zero-order valence-electron chi connectivity index (χ0n) is 10.2. The van der Waals surface area contributed by atoms with Crippen molar-refractivity contribution in [2.24, 2.45) is 0 Å². The fourth-order valence-corrected chi connectivity index (χ4v) is 1.76. The van der Waals surface area contributed by atoms with E-state index in [0.29, 0.717) is 6.04 Å². The van der Waals surface area contributed by atoms with E-state index in [4.69, 9.17) is 4.74 Å². The topological polar surface area (TPSA) is 24.5 Å². The summed E-state index contributed by atoms with van der Waals surface area (Å²) in [6.07, 6.45) is 2.45. The highest BCUT2D eigenvalue weighted by Crippen LogP contribution is 2.07. The van der Waals surface area contributed by atoms with Gasteiger partial charge in [-0.05, 0) is 33.0 Å². The molecule has 0 spiro atoms. The van der Waals surface area contributed by atoms with Crippen molar-refractivity contribution in [1.82, 2.24) is 10.2 Å². The first-order valence-corrected chi connectivity index (χ1v) is 5.67. The highest BCUT2D eigenvalue weighted by atomic mass is 16.5. The van der Waals surface area contributed by atoms with Crippen LogP contribution in [0.15, 0.2) is 0 Å². The van der Waals surface area contributed by atoms with Crippen molar-refractivity contribution in [3.63, 3.8) is 0 Å². The lowest BCUT2D eigenvalue weighted by atomic mass is 10.1. The first kappa shape index (κ1) is 13.9. The fourth-order valence-electron chi connectivity index (χ4n) is 1.76. The van der Waals surface area contributed by atoms with Gasteiger partial charge in [-0.15, -0.1) is 0 Å². The zero-order valence-corrected chi connectivity index (χ0v) is 10.2. The van der Waals surface area contributed by atoms with Gasteiger partial charge in [0, 0.05) is 19.7 Å². The van der Waals surface area contributed by atoms with Gasteiger partial charge >= 0.3 is 0 Å². The molecule has 0 aromatic carbocycles. The Morgan fingerprint density at radius 2 is 2.07 bits per heavy atom. The third-order valence-electron chi connectivity index (χ3n) is 2.70. The van der Waals surface area contributed by atoms with E-state index < -0.39 is 0 Å². The molecule has 86 valence electrons. The standard InChI is InChI=1S/C11H26N2O/c1-5-11(7-8-12-3)13(6-2)9-10-14-4/h11-12H,5-10H2,1-4H3. The van der Waals surface area contributed by atoms with E-state index in [9.17, 15) is 0 Å². The molecule has 0 aromatic rings. The molecule has 3 nitrogen and oxygen atoms in total. The molecule has 1 atom stereocenters. The second-order valence-corrected chi connectivity index (χ2v) is 3.58. The van der Waals surface area contributed by atoms with E-state index in [1.54, 1.807) is 7.11 Å². The molecule has 14 heavy (non-hydrogen) atoms. The van der Waals surface area contributed by atoms with Crippen molar-refractivity contribution in [2.75, 3.05) is 40.4 Å². The van der Waals surface area contributed by atoms with E-state index in [2.05, 4.69) is 24.1 Å². The molecule has 0 rings (SSSR count). The van der Waals surface area contributed by atoms with Crippen molar-refractivity contribution in [3.05, 3.63) is 0 Å². The lowest BCUT2D eigenvalue weighted by Gasteiger charge is -2.29. The summed E-state index contributed by atoms with van der Waals surface area (Å²) in [6, 6.07) is 0.697. The van der Waals surface area contributed by atoms with Crippen LogP contribution in [0.5, 0.6) is 0 Å². The largest absolute Gasteiger partial charge is 0.383 e. The molecule has 1 N–H and O–H groups in total. The molecule has 3 heteroatoms. The van der Waals surface area contributed by atoms with E-state index >= 15 is 0 Å². The zero-order chi connectivity index (χ0) is 10.8. The summed E-state index contributed by atoms with van der Waals surface area (Å²) in [5, 5.41) is 3.21. The van der Waals surface area contributed by atoms with Gasteiger partial charge in [0.1, 0.15) is 0 Å². The molecule has 0 heterocycles. The first-order chi connectivity index (χ1) is 6.79. The average molecular weight is 202 g/mol. The summed E-state index contributed by atoms with van der Waals surface area (Å²) in [7, 11) is 3.78. The summed E-state index contributed by atoms with van der Waals surface area (Å²) in [5.74, 6) is 0. The van der Waals surface area contributed by atoms with Crippen LogP contribution in [0.2, 0.25) is 0 Å². The smallest absolute Gasteiger partial charge is 0.0589 e. The number of nitrogens with zero attached hydrogens (tertiary/aromatic N) is 1. The summed E-state index contributed by atoms with van der Waals surface area (Å²) in [6.45, 7) is 8.58.